The average Bonchev–Trinajstić information content (AvgIpc) is 3.02. The van der Waals surface area contributed by atoms with Gasteiger partial charge in [-0.05, 0) is 32.4 Å². The van der Waals surface area contributed by atoms with Crippen molar-refractivity contribution in [1.29, 1.82) is 0 Å². The molecule has 2 fully saturated rings. The Morgan fingerprint density at radius 3 is 2.84 bits per heavy atom. The topological polar surface area (TPSA) is 50.2 Å². The van der Waals surface area contributed by atoms with Crippen molar-refractivity contribution < 1.29 is 4.79 Å². The lowest BCUT2D eigenvalue weighted by molar-refractivity contribution is 0.0765. The van der Waals surface area contributed by atoms with E-state index in [1.54, 1.807) is 4.68 Å². The number of halogens is 1. The van der Waals surface area contributed by atoms with Crippen molar-refractivity contribution >= 4 is 18.3 Å². The first kappa shape index (κ1) is 14.3. The van der Waals surface area contributed by atoms with Crippen molar-refractivity contribution in [1.82, 2.24) is 20.0 Å². The minimum absolute atomic E-state index is 0. The lowest BCUT2D eigenvalue weighted by Crippen LogP contribution is -2.34. The van der Waals surface area contributed by atoms with Crippen molar-refractivity contribution in [3.8, 4) is 0 Å². The van der Waals surface area contributed by atoms with Gasteiger partial charge in [0.1, 0.15) is 5.69 Å². The van der Waals surface area contributed by atoms with Gasteiger partial charge in [0.25, 0.3) is 5.91 Å². The Hall–Kier alpha value is -1.07. The Kier molecular flexibility index (Phi) is 3.87. The standard InChI is InChI=1S/C13H20N4O.ClH/c1-10-7-11(16(2)15-10)12(18)17-6-4-13(9-17)3-5-14-8-13;/h7,14H,3-6,8-9H2,1-2H3;1H. The number of hydrogen-bond donors (Lipinski definition) is 1. The van der Waals surface area contributed by atoms with Crippen LogP contribution >= 0.6 is 12.4 Å². The number of nitrogens with one attached hydrogen (secondary N) is 1. The van der Waals surface area contributed by atoms with Crippen molar-refractivity contribution in [2.45, 2.75) is 19.8 Å². The summed E-state index contributed by atoms with van der Waals surface area (Å²) < 4.78 is 1.69. The fourth-order valence-electron chi connectivity index (χ4n) is 3.23. The third-order valence-corrected chi connectivity index (χ3v) is 4.28. The highest BCUT2D eigenvalue weighted by Gasteiger charge is 2.42. The molecule has 1 N–H and O–H groups in total. The van der Waals surface area contributed by atoms with Crippen LogP contribution in [-0.2, 0) is 7.05 Å². The van der Waals surface area contributed by atoms with E-state index in [1.807, 2.05) is 24.9 Å². The van der Waals surface area contributed by atoms with Crippen molar-refractivity contribution in [2.24, 2.45) is 12.5 Å². The predicted octanol–water partition coefficient (Wildman–Crippen LogP) is 0.976. The molecule has 1 aromatic rings. The van der Waals surface area contributed by atoms with E-state index < -0.39 is 0 Å². The number of rotatable bonds is 1. The lowest BCUT2D eigenvalue weighted by Gasteiger charge is -2.22. The normalized spacial score (nSPS) is 25.9. The Bertz CT molecular complexity index is 479. The number of aryl methyl sites for hydroxylation is 2. The van der Waals surface area contributed by atoms with Gasteiger partial charge < -0.3 is 10.2 Å². The molecule has 0 radical (unpaired) electrons. The molecule has 0 aromatic carbocycles. The van der Waals surface area contributed by atoms with E-state index in [1.165, 1.54) is 6.42 Å². The fourth-order valence-corrected chi connectivity index (χ4v) is 3.23. The Labute approximate surface area is 119 Å². The molecule has 2 aliphatic heterocycles. The fraction of sp³-hybridized carbons (Fsp3) is 0.692. The number of carbonyl (C=O) groups excluding carboxylic acids is 1. The van der Waals surface area contributed by atoms with Crippen molar-refractivity contribution in [3.63, 3.8) is 0 Å². The van der Waals surface area contributed by atoms with Gasteiger partial charge in [-0.25, -0.2) is 0 Å². The smallest absolute Gasteiger partial charge is 0.272 e. The molecule has 0 aliphatic carbocycles. The first-order chi connectivity index (χ1) is 8.60. The van der Waals surface area contributed by atoms with Crippen LogP contribution in [0.2, 0.25) is 0 Å². The second-order valence-electron chi connectivity index (χ2n) is 5.70. The number of amides is 1. The minimum Gasteiger partial charge on any atom is -0.337 e. The van der Waals surface area contributed by atoms with E-state index in [-0.39, 0.29) is 18.3 Å². The monoisotopic (exact) mass is 284 g/mol. The molecule has 106 valence electrons. The molecule has 1 amide bonds. The molecule has 1 unspecified atom stereocenters. The summed E-state index contributed by atoms with van der Waals surface area (Å²) in [6, 6.07) is 1.88. The zero-order valence-electron chi connectivity index (χ0n) is 11.5. The molecule has 2 saturated heterocycles. The summed E-state index contributed by atoms with van der Waals surface area (Å²) in [5.74, 6) is 0.127. The molecule has 1 aromatic heterocycles. The second kappa shape index (κ2) is 5.13. The van der Waals surface area contributed by atoms with Gasteiger partial charge in [0.05, 0.1) is 5.69 Å². The molecule has 0 saturated carbocycles. The average molecular weight is 285 g/mol. The first-order valence-corrected chi connectivity index (χ1v) is 6.60. The van der Waals surface area contributed by atoms with E-state index >= 15 is 0 Å². The second-order valence-corrected chi connectivity index (χ2v) is 5.70. The summed E-state index contributed by atoms with van der Waals surface area (Å²) in [5.41, 5.74) is 1.94. The number of carbonyl (C=O) groups is 1. The maximum absolute atomic E-state index is 12.5. The molecule has 1 atom stereocenters. The Morgan fingerprint density at radius 2 is 2.26 bits per heavy atom. The van der Waals surface area contributed by atoms with Gasteiger partial charge in [-0.15, -0.1) is 12.4 Å². The van der Waals surface area contributed by atoms with Crippen LogP contribution in [0.15, 0.2) is 6.07 Å². The van der Waals surface area contributed by atoms with Crippen LogP contribution in [0.5, 0.6) is 0 Å². The van der Waals surface area contributed by atoms with Crippen LogP contribution in [0.25, 0.3) is 0 Å². The summed E-state index contributed by atoms with van der Waals surface area (Å²) in [6.07, 6.45) is 2.32. The summed E-state index contributed by atoms with van der Waals surface area (Å²) in [7, 11) is 1.84. The number of aromatic nitrogens is 2. The van der Waals surface area contributed by atoms with Gasteiger partial charge in [-0.2, -0.15) is 5.10 Å². The summed E-state index contributed by atoms with van der Waals surface area (Å²) in [5, 5.41) is 7.66. The highest BCUT2D eigenvalue weighted by Crippen LogP contribution is 2.36. The maximum Gasteiger partial charge on any atom is 0.272 e. The molecule has 5 nitrogen and oxygen atoms in total. The summed E-state index contributed by atoms with van der Waals surface area (Å²) >= 11 is 0. The van der Waals surface area contributed by atoms with E-state index in [2.05, 4.69) is 10.4 Å². The van der Waals surface area contributed by atoms with Gasteiger partial charge in [-0.1, -0.05) is 0 Å². The van der Waals surface area contributed by atoms with Gasteiger partial charge in [0.2, 0.25) is 0 Å². The molecule has 19 heavy (non-hydrogen) atoms. The molecule has 3 rings (SSSR count). The van der Waals surface area contributed by atoms with Crippen LogP contribution in [0.1, 0.15) is 29.0 Å². The van der Waals surface area contributed by atoms with E-state index in [4.69, 9.17) is 0 Å². The van der Waals surface area contributed by atoms with E-state index in [0.29, 0.717) is 11.1 Å². The lowest BCUT2D eigenvalue weighted by atomic mass is 9.87. The SMILES string of the molecule is Cc1cc(C(=O)N2CCC3(CCNC3)C2)n(C)n1.Cl. The minimum atomic E-state index is 0. The van der Waals surface area contributed by atoms with Crippen LogP contribution in [0, 0.1) is 12.3 Å². The molecule has 2 aliphatic rings. The third kappa shape index (κ3) is 2.49. The van der Waals surface area contributed by atoms with Crippen LogP contribution in [0.3, 0.4) is 0 Å². The third-order valence-electron chi connectivity index (χ3n) is 4.28. The zero-order valence-corrected chi connectivity index (χ0v) is 12.3. The highest BCUT2D eigenvalue weighted by atomic mass is 35.5. The van der Waals surface area contributed by atoms with Gasteiger partial charge in [0, 0.05) is 32.1 Å². The molecule has 1 spiro atoms. The van der Waals surface area contributed by atoms with Gasteiger partial charge in [-0.3, -0.25) is 9.48 Å². The Morgan fingerprint density at radius 1 is 1.47 bits per heavy atom. The summed E-state index contributed by atoms with van der Waals surface area (Å²) in [4.78, 5) is 14.5. The molecule has 0 bridgehead atoms. The number of hydrogen-bond acceptors (Lipinski definition) is 3. The highest BCUT2D eigenvalue weighted by molar-refractivity contribution is 5.93. The maximum atomic E-state index is 12.5. The van der Waals surface area contributed by atoms with Gasteiger partial charge >= 0.3 is 0 Å². The molecule has 6 heteroatoms. The number of likely N-dealkylation sites (tertiary alicyclic amines) is 1. The molecular weight excluding hydrogens is 264 g/mol. The van der Waals surface area contributed by atoms with Crippen molar-refractivity contribution in [3.05, 3.63) is 17.5 Å². The molecule has 3 heterocycles. The Balaban J connectivity index is 0.00000133. The molecular formula is C13H21ClN4O. The first-order valence-electron chi connectivity index (χ1n) is 6.60. The van der Waals surface area contributed by atoms with Crippen molar-refractivity contribution in [2.75, 3.05) is 26.2 Å². The van der Waals surface area contributed by atoms with Crippen LogP contribution in [-0.4, -0.2) is 46.8 Å². The van der Waals surface area contributed by atoms with Gasteiger partial charge in [0.15, 0.2) is 0 Å². The van der Waals surface area contributed by atoms with E-state index in [9.17, 15) is 4.79 Å². The van der Waals surface area contributed by atoms with E-state index in [0.717, 1.165) is 38.3 Å². The quantitative estimate of drug-likeness (QED) is 0.836. The van der Waals surface area contributed by atoms with Crippen LogP contribution < -0.4 is 5.32 Å². The number of nitrogens with zero attached hydrogens (tertiary/aromatic N) is 3. The predicted molar refractivity (Wildman–Crippen MR) is 75.6 cm³/mol. The van der Waals surface area contributed by atoms with Crippen LogP contribution in [0.4, 0.5) is 0 Å². The largest absolute Gasteiger partial charge is 0.337 e. The summed E-state index contributed by atoms with van der Waals surface area (Å²) in [6.45, 7) is 5.84. The zero-order chi connectivity index (χ0) is 12.8.